The summed E-state index contributed by atoms with van der Waals surface area (Å²) in [5, 5.41) is 2.94. The Morgan fingerprint density at radius 2 is 1.88 bits per heavy atom. The van der Waals surface area contributed by atoms with Gasteiger partial charge in [-0.15, -0.1) is 0 Å². The summed E-state index contributed by atoms with van der Waals surface area (Å²) in [6.07, 6.45) is 5.68. The first-order valence-electron chi connectivity index (χ1n) is 13.8. The molecule has 2 heterocycles. The van der Waals surface area contributed by atoms with Crippen LogP contribution < -0.4 is 10.0 Å². The zero-order valence-corrected chi connectivity index (χ0v) is 25.0. The number of carbonyl (C=O) groups excluding carboxylic acids is 1. The van der Waals surface area contributed by atoms with Crippen LogP contribution in [0, 0.1) is 5.82 Å². The van der Waals surface area contributed by atoms with E-state index in [1.54, 1.807) is 12.1 Å². The normalized spacial score (nSPS) is 19.2. The van der Waals surface area contributed by atoms with Gasteiger partial charge < -0.3 is 14.8 Å². The third-order valence-corrected chi connectivity index (χ3v) is 7.64. The molecule has 0 saturated carbocycles. The average molecular weight is 577 g/mol. The van der Waals surface area contributed by atoms with Crippen LogP contribution in [0.1, 0.15) is 84.4 Å². The SMILES string of the molecule is CCCCNC(=O)C[C@H]1C[C@@H](/C=C/c2c(-c3ccc(F)cc3)nc(NS(=O)(=O)CC)nc2C(C)C)OC(C)(C)O1. The van der Waals surface area contributed by atoms with Crippen LogP contribution in [0.4, 0.5) is 10.3 Å². The number of benzene rings is 1. The number of nitrogens with one attached hydrogen (secondary N) is 2. The highest BCUT2D eigenvalue weighted by Gasteiger charge is 2.35. The molecule has 0 aliphatic carbocycles. The molecule has 11 heteroatoms. The van der Waals surface area contributed by atoms with Crippen LogP contribution in [0.2, 0.25) is 0 Å². The fraction of sp³-hybridized carbons (Fsp3) is 0.552. The minimum absolute atomic E-state index is 0.0420. The Kier molecular flexibility index (Phi) is 10.8. The molecule has 3 rings (SSSR count). The number of ether oxygens (including phenoxy) is 2. The van der Waals surface area contributed by atoms with Gasteiger partial charge in [-0.25, -0.2) is 22.8 Å². The number of anilines is 1. The first-order valence-corrected chi connectivity index (χ1v) is 15.5. The second-order valence-electron chi connectivity index (χ2n) is 10.7. The van der Waals surface area contributed by atoms with Gasteiger partial charge in [0.1, 0.15) is 5.82 Å². The van der Waals surface area contributed by atoms with E-state index in [-0.39, 0.29) is 42.2 Å². The van der Waals surface area contributed by atoms with E-state index < -0.39 is 21.6 Å². The van der Waals surface area contributed by atoms with Crippen molar-refractivity contribution in [3.05, 3.63) is 47.4 Å². The topological polar surface area (TPSA) is 120 Å². The van der Waals surface area contributed by atoms with Gasteiger partial charge in [0.15, 0.2) is 5.79 Å². The number of sulfonamides is 1. The molecule has 2 aromatic rings. The van der Waals surface area contributed by atoms with E-state index in [1.165, 1.54) is 19.1 Å². The lowest BCUT2D eigenvalue weighted by molar-refractivity contribution is -0.289. The summed E-state index contributed by atoms with van der Waals surface area (Å²) in [4.78, 5) is 21.5. The lowest BCUT2D eigenvalue weighted by atomic mass is 9.97. The second-order valence-corrected chi connectivity index (χ2v) is 12.7. The van der Waals surface area contributed by atoms with Gasteiger partial charge in [0.25, 0.3) is 0 Å². The van der Waals surface area contributed by atoms with Crippen molar-refractivity contribution in [1.82, 2.24) is 15.3 Å². The summed E-state index contributed by atoms with van der Waals surface area (Å²) < 4.78 is 52.9. The van der Waals surface area contributed by atoms with Crippen molar-refractivity contribution >= 4 is 28.0 Å². The predicted molar refractivity (Wildman–Crippen MR) is 155 cm³/mol. The predicted octanol–water partition coefficient (Wildman–Crippen LogP) is 5.40. The molecule has 1 aliphatic rings. The zero-order chi connectivity index (χ0) is 29.5. The number of hydrogen-bond donors (Lipinski definition) is 2. The molecular formula is C29H41FN4O5S. The Balaban J connectivity index is 1.98. The van der Waals surface area contributed by atoms with E-state index >= 15 is 0 Å². The third kappa shape index (κ3) is 9.07. The standard InChI is InChI=1S/C29H41FN4O5S/c1-7-9-16-31-25(35)18-23-17-22(38-29(5,6)39-23)14-15-24-26(19(3)4)32-28(34-40(36,37)8-2)33-27(24)20-10-12-21(30)13-11-20/h10-15,19,22-23H,7-9,16-18H2,1-6H3,(H,31,35)(H,32,33,34)/b15-14+/t22-,23-/m1/s1. The van der Waals surface area contributed by atoms with Crippen LogP contribution in [0.15, 0.2) is 30.3 Å². The van der Waals surface area contributed by atoms with Gasteiger partial charge in [0, 0.05) is 24.1 Å². The van der Waals surface area contributed by atoms with Crippen LogP contribution in [-0.2, 0) is 24.3 Å². The minimum atomic E-state index is -3.62. The Hall–Kier alpha value is -2.89. The van der Waals surface area contributed by atoms with Crippen molar-refractivity contribution in [3.8, 4) is 11.3 Å². The minimum Gasteiger partial charge on any atom is -0.356 e. The molecule has 1 aromatic heterocycles. The monoisotopic (exact) mass is 576 g/mol. The van der Waals surface area contributed by atoms with Gasteiger partial charge in [-0.05, 0) is 57.4 Å². The molecule has 0 spiro atoms. The van der Waals surface area contributed by atoms with Crippen LogP contribution in [0.5, 0.6) is 0 Å². The molecule has 0 unspecified atom stereocenters. The van der Waals surface area contributed by atoms with Crippen molar-refractivity contribution in [3.63, 3.8) is 0 Å². The molecule has 40 heavy (non-hydrogen) atoms. The number of rotatable bonds is 12. The number of carbonyl (C=O) groups is 1. The van der Waals surface area contributed by atoms with Gasteiger partial charge in [-0.3, -0.25) is 9.52 Å². The molecular weight excluding hydrogens is 535 g/mol. The van der Waals surface area contributed by atoms with Crippen LogP contribution >= 0.6 is 0 Å². The number of unbranched alkanes of at least 4 members (excludes halogenated alkanes) is 1. The van der Waals surface area contributed by atoms with E-state index in [2.05, 4.69) is 26.9 Å². The maximum absolute atomic E-state index is 13.7. The van der Waals surface area contributed by atoms with E-state index in [4.69, 9.17) is 9.47 Å². The quantitative estimate of drug-likeness (QED) is 0.325. The Morgan fingerprint density at radius 1 is 1.18 bits per heavy atom. The highest BCUT2D eigenvalue weighted by molar-refractivity contribution is 7.92. The Bertz CT molecular complexity index is 1300. The second kappa shape index (κ2) is 13.6. The summed E-state index contributed by atoms with van der Waals surface area (Å²) in [5.41, 5.74) is 2.36. The molecule has 0 radical (unpaired) electrons. The number of halogens is 1. The molecule has 9 nitrogen and oxygen atoms in total. The molecule has 1 saturated heterocycles. The van der Waals surface area contributed by atoms with Gasteiger partial charge in [-0.2, -0.15) is 0 Å². The highest BCUT2D eigenvalue weighted by Crippen LogP contribution is 2.33. The number of aromatic nitrogens is 2. The molecule has 220 valence electrons. The van der Waals surface area contributed by atoms with Gasteiger partial charge in [-0.1, -0.05) is 39.3 Å². The third-order valence-electron chi connectivity index (χ3n) is 6.39. The highest BCUT2D eigenvalue weighted by atomic mass is 32.2. The lowest BCUT2D eigenvalue weighted by Gasteiger charge is -2.39. The van der Waals surface area contributed by atoms with Crippen molar-refractivity contribution < 1.29 is 27.1 Å². The Labute approximate surface area is 237 Å². The molecule has 1 amide bonds. The maximum atomic E-state index is 13.7. The zero-order valence-electron chi connectivity index (χ0n) is 24.2. The van der Waals surface area contributed by atoms with E-state index in [1.807, 2.05) is 39.8 Å². The largest absolute Gasteiger partial charge is 0.356 e. The molecule has 2 atom stereocenters. The summed E-state index contributed by atoms with van der Waals surface area (Å²) in [6.45, 7) is 11.8. The maximum Gasteiger partial charge on any atom is 0.237 e. The van der Waals surface area contributed by atoms with Crippen molar-refractivity contribution in [2.45, 2.75) is 91.1 Å². The molecule has 1 aliphatic heterocycles. The number of amides is 1. The van der Waals surface area contributed by atoms with Crippen LogP contribution in [0.3, 0.4) is 0 Å². The van der Waals surface area contributed by atoms with Crippen LogP contribution in [-0.4, -0.2) is 54.6 Å². The molecule has 0 bridgehead atoms. The molecule has 1 aromatic carbocycles. The Morgan fingerprint density at radius 3 is 2.50 bits per heavy atom. The van der Waals surface area contributed by atoms with Crippen LogP contribution in [0.25, 0.3) is 17.3 Å². The van der Waals surface area contributed by atoms with Gasteiger partial charge >= 0.3 is 0 Å². The summed E-state index contributed by atoms with van der Waals surface area (Å²) in [6, 6.07) is 5.85. The summed E-state index contributed by atoms with van der Waals surface area (Å²) in [5.74, 6) is -1.61. The molecule has 1 fully saturated rings. The lowest BCUT2D eigenvalue weighted by Crippen LogP contribution is -2.45. The first kappa shape index (κ1) is 31.6. The summed E-state index contributed by atoms with van der Waals surface area (Å²) in [7, 11) is -3.62. The number of hydrogen-bond acceptors (Lipinski definition) is 7. The van der Waals surface area contributed by atoms with Gasteiger partial charge in [0.2, 0.25) is 21.9 Å². The van der Waals surface area contributed by atoms with Crippen molar-refractivity contribution in [2.75, 3.05) is 17.0 Å². The summed E-state index contributed by atoms with van der Waals surface area (Å²) >= 11 is 0. The fourth-order valence-corrected chi connectivity index (χ4v) is 4.97. The van der Waals surface area contributed by atoms with E-state index in [9.17, 15) is 17.6 Å². The fourth-order valence-electron chi connectivity index (χ4n) is 4.45. The average Bonchev–Trinajstić information content (AvgIpc) is 2.87. The van der Waals surface area contributed by atoms with Crippen molar-refractivity contribution in [2.24, 2.45) is 0 Å². The van der Waals surface area contributed by atoms with E-state index in [0.717, 1.165) is 12.8 Å². The van der Waals surface area contributed by atoms with E-state index in [0.29, 0.717) is 35.5 Å². The van der Waals surface area contributed by atoms with Gasteiger partial charge in [0.05, 0.1) is 35.8 Å². The van der Waals surface area contributed by atoms with Crippen molar-refractivity contribution in [1.29, 1.82) is 0 Å². The first-order chi connectivity index (χ1) is 18.8. The molecule has 2 N–H and O–H groups in total. The number of nitrogens with zero attached hydrogens (tertiary/aromatic N) is 2. The smallest absolute Gasteiger partial charge is 0.237 e.